The molecule has 1 N–H and O–H groups in total. The predicted molar refractivity (Wildman–Crippen MR) is 109 cm³/mol. The van der Waals surface area contributed by atoms with E-state index < -0.39 is 0 Å². The summed E-state index contributed by atoms with van der Waals surface area (Å²) in [6.07, 6.45) is 3.73. The first-order valence-corrected chi connectivity index (χ1v) is 10.4. The minimum absolute atomic E-state index is 0.0271. The molecule has 0 aliphatic carbocycles. The van der Waals surface area contributed by atoms with Gasteiger partial charge in [-0.1, -0.05) is 35.5 Å². The Hall–Kier alpha value is -2.12. The normalized spacial score (nSPS) is 11.1. The molecule has 0 saturated carbocycles. The molecule has 27 heavy (non-hydrogen) atoms. The summed E-state index contributed by atoms with van der Waals surface area (Å²) in [7, 11) is 0. The molecule has 0 unspecified atom stereocenters. The van der Waals surface area contributed by atoms with Crippen molar-refractivity contribution in [2.75, 3.05) is 12.8 Å². The van der Waals surface area contributed by atoms with Gasteiger partial charge in [-0.2, -0.15) is 4.98 Å². The number of nitrogens with zero attached hydrogens (tertiary/aromatic N) is 4. The fraction of sp³-hybridized carbons (Fsp3) is 0.368. The molecule has 142 valence electrons. The SMILES string of the molecule is CSc1nc2nc(C)c(CCC(=O)NCCc3cccc(Cl)c3)c(C)n2n1. The van der Waals surface area contributed by atoms with E-state index in [9.17, 15) is 4.79 Å². The molecule has 1 amide bonds. The van der Waals surface area contributed by atoms with Gasteiger partial charge in [0.25, 0.3) is 5.78 Å². The van der Waals surface area contributed by atoms with E-state index in [1.54, 1.807) is 4.52 Å². The predicted octanol–water partition coefficient (Wildman–Crippen LogP) is 3.41. The van der Waals surface area contributed by atoms with E-state index in [0.29, 0.717) is 35.3 Å². The van der Waals surface area contributed by atoms with Gasteiger partial charge in [-0.3, -0.25) is 4.79 Å². The Balaban J connectivity index is 1.58. The van der Waals surface area contributed by atoms with Gasteiger partial charge in [-0.05, 0) is 56.2 Å². The Morgan fingerprint density at radius 1 is 1.26 bits per heavy atom. The van der Waals surface area contributed by atoms with Gasteiger partial charge < -0.3 is 5.32 Å². The molecular weight excluding hydrogens is 382 g/mol. The minimum Gasteiger partial charge on any atom is -0.356 e. The second kappa shape index (κ2) is 8.71. The van der Waals surface area contributed by atoms with Crippen molar-refractivity contribution in [1.29, 1.82) is 0 Å². The third-order valence-corrected chi connectivity index (χ3v) is 5.21. The van der Waals surface area contributed by atoms with Crippen LogP contribution in [0.1, 0.15) is 28.9 Å². The van der Waals surface area contributed by atoms with Crippen LogP contribution in [0.3, 0.4) is 0 Å². The number of rotatable bonds is 7. The van der Waals surface area contributed by atoms with E-state index in [0.717, 1.165) is 28.9 Å². The summed E-state index contributed by atoms with van der Waals surface area (Å²) in [5.74, 6) is 0.628. The number of fused-ring (bicyclic) bond motifs is 1. The number of hydrogen-bond acceptors (Lipinski definition) is 5. The largest absolute Gasteiger partial charge is 0.356 e. The van der Waals surface area contributed by atoms with Gasteiger partial charge >= 0.3 is 0 Å². The van der Waals surface area contributed by atoms with E-state index in [4.69, 9.17) is 11.6 Å². The number of thioether (sulfide) groups is 1. The lowest BCUT2D eigenvalue weighted by Gasteiger charge is -2.10. The molecule has 3 rings (SSSR count). The summed E-state index contributed by atoms with van der Waals surface area (Å²) in [6, 6.07) is 7.69. The van der Waals surface area contributed by atoms with Gasteiger partial charge in [0, 0.05) is 29.4 Å². The highest BCUT2D eigenvalue weighted by Crippen LogP contribution is 2.18. The standard InChI is InChI=1S/C19H22ClN5OS/c1-12-16(13(2)25-18(22-12)23-19(24-25)27-3)7-8-17(26)21-10-9-14-5-4-6-15(20)11-14/h4-6,11H,7-10H2,1-3H3,(H,21,26). The van der Waals surface area contributed by atoms with Crippen molar-refractivity contribution in [2.45, 2.75) is 38.3 Å². The van der Waals surface area contributed by atoms with E-state index in [-0.39, 0.29) is 5.91 Å². The van der Waals surface area contributed by atoms with Crippen LogP contribution >= 0.6 is 23.4 Å². The number of aromatic nitrogens is 4. The summed E-state index contributed by atoms with van der Waals surface area (Å²) in [5, 5.41) is 8.82. The highest BCUT2D eigenvalue weighted by atomic mass is 35.5. The second-order valence-electron chi connectivity index (χ2n) is 6.30. The summed E-state index contributed by atoms with van der Waals surface area (Å²) in [6.45, 7) is 4.54. The maximum Gasteiger partial charge on any atom is 0.253 e. The fourth-order valence-corrected chi connectivity index (χ4v) is 3.55. The molecule has 0 bridgehead atoms. The Morgan fingerprint density at radius 2 is 2.07 bits per heavy atom. The lowest BCUT2D eigenvalue weighted by atomic mass is 10.1. The van der Waals surface area contributed by atoms with Crippen LogP contribution in [0.4, 0.5) is 0 Å². The van der Waals surface area contributed by atoms with Crippen molar-refractivity contribution in [1.82, 2.24) is 24.9 Å². The summed E-state index contributed by atoms with van der Waals surface area (Å²) >= 11 is 7.47. The third kappa shape index (κ3) is 4.78. The van der Waals surface area contributed by atoms with Crippen LogP contribution in [-0.4, -0.2) is 38.3 Å². The van der Waals surface area contributed by atoms with E-state index in [1.165, 1.54) is 11.8 Å². The highest BCUT2D eigenvalue weighted by molar-refractivity contribution is 7.98. The fourth-order valence-electron chi connectivity index (χ4n) is 3.00. The van der Waals surface area contributed by atoms with Gasteiger partial charge in [-0.25, -0.2) is 9.50 Å². The number of nitrogens with one attached hydrogen (secondary N) is 1. The van der Waals surface area contributed by atoms with Gasteiger partial charge in [0.15, 0.2) is 0 Å². The van der Waals surface area contributed by atoms with Crippen molar-refractivity contribution in [3.8, 4) is 0 Å². The monoisotopic (exact) mass is 403 g/mol. The van der Waals surface area contributed by atoms with Gasteiger partial charge in [-0.15, -0.1) is 5.10 Å². The second-order valence-corrected chi connectivity index (χ2v) is 7.51. The molecule has 0 aliphatic heterocycles. The molecule has 3 aromatic rings. The first-order chi connectivity index (χ1) is 13.0. The van der Waals surface area contributed by atoms with Crippen LogP contribution in [0.2, 0.25) is 5.02 Å². The molecule has 0 aliphatic rings. The number of halogens is 1. The first-order valence-electron chi connectivity index (χ1n) is 8.76. The van der Waals surface area contributed by atoms with Crippen molar-refractivity contribution in [3.05, 3.63) is 51.8 Å². The van der Waals surface area contributed by atoms with E-state index in [2.05, 4.69) is 20.4 Å². The number of amides is 1. The Kier molecular flexibility index (Phi) is 6.34. The Morgan fingerprint density at radius 3 is 2.81 bits per heavy atom. The van der Waals surface area contributed by atoms with E-state index in [1.807, 2.05) is 44.4 Å². The van der Waals surface area contributed by atoms with Crippen LogP contribution in [0.5, 0.6) is 0 Å². The number of carbonyl (C=O) groups excluding carboxylic acids is 1. The summed E-state index contributed by atoms with van der Waals surface area (Å²) in [5.41, 5.74) is 4.04. The zero-order chi connectivity index (χ0) is 19.4. The molecular formula is C19H22ClN5OS. The van der Waals surface area contributed by atoms with Gasteiger partial charge in [0.05, 0.1) is 0 Å². The molecule has 2 heterocycles. The zero-order valence-corrected chi connectivity index (χ0v) is 17.2. The van der Waals surface area contributed by atoms with Crippen LogP contribution in [-0.2, 0) is 17.6 Å². The Labute approximate surface area is 167 Å². The quantitative estimate of drug-likeness (QED) is 0.612. The first kappa shape index (κ1) is 19.6. The molecule has 0 atom stereocenters. The van der Waals surface area contributed by atoms with Crippen molar-refractivity contribution in [3.63, 3.8) is 0 Å². The molecule has 0 fully saturated rings. The van der Waals surface area contributed by atoms with Crippen LogP contribution in [0.25, 0.3) is 5.78 Å². The number of benzene rings is 1. The van der Waals surface area contributed by atoms with Crippen LogP contribution < -0.4 is 5.32 Å². The van der Waals surface area contributed by atoms with Crippen molar-refractivity contribution in [2.24, 2.45) is 0 Å². The molecule has 8 heteroatoms. The lowest BCUT2D eigenvalue weighted by molar-refractivity contribution is -0.121. The lowest BCUT2D eigenvalue weighted by Crippen LogP contribution is -2.26. The third-order valence-electron chi connectivity index (χ3n) is 4.44. The Bertz CT molecular complexity index is 972. The zero-order valence-electron chi connectivity index (χ0n) is 15.6. The van der Waals surface area contributed by atoms with Crippen molar-refractivity contribution < 1.29 is 4.79 Å². The molecule has 0 saturated heterocycles. The molecule has 6 nitrogen and oxygen atoms in total. The summed E-state index contributed by atoms with van der Waals surface area (Å²) < 4.78 is 1.76. The molecule has 0 spiro atoms. The average Bonchev–Trinajstić information content (AvgIpc) is 3.05. The van der Waals surface area contributed by atoms with E-state index >= 15 is 0 Å². The molecule has 0 radical (unpaired) electrons. The molecule has 1 aromatic carbocycles. The maximum absolute atomic E-state index is 12.2. The smallest absolute Gasteiger partial charge is 0.253 e. The van der Waals surface area contributed by atoms with Gasteiger partial charge in [0.1, 0.15) is 0 Å². The highest BCUT2D eigenvalue weighted by Gasteiger charge is 2.14. The topological polar surface area (TPSA) is 72.2 Å². The maximum atomic E-state index is 12.2. The molecule has 2 aromatic heterocycles. The minimum atomic E-state index is 0.0271. The summed E-state index contributed by atoms with van der Waals surface area (Å²) in [4.78, 5) is 21.1. The van der Waals surface area contributed by atoms with Gasteiger partial charge in [0.2, 0.25) is 11.1 Å². The van der Waals surface area contributed by atoms with Crippen LogP contribution in [0, 0.1) is 13.8 Å². The van der Waals surface area contributed by atoms with Crippen LogP contribution in [0.15, 0.2) is 29.4 Å². The number of aryl methyl sites for hydroxylation is 2. The average molecular weight is 404 g/mol. The van der Waals surface area contributed by atoms with Crippen molar-refractivity contribution >= 4 is 35.0 Å². The number of carbonyl (C=O) groups is 1. The number of hydrogen-bond donors (Lipinski definition) is 1.